The second kappa shape index (κ2) is 12.3. The number of amides is 1. The fourth-order valence-corrected chi connectivity index (χ4v) is 5.78. The molecule has 2 rings (SSSR count). The molecule has 27 heavy (non-hydrogen) atoms. The average Bonchev–Trinajstić information content (AvgIpc) is 2.66. The van der Waals surface area contributed by atoms with Gasteiger partial charge >= 0.3 is 0 Å². The smallest absolute Gasteiger partial charge is 0.220 e. The van der Waals surface area contributed by atoms with Crippen LogP contribution in [0, 0.1) is 5.92 Å². The second-order valence-corrected chi connectivity index (χ2v) is 9.92. The summed E-state index contributed by atoms with van der Waals surface area (Å²) in [6.45, 7) is 3.24. The number of nitrogens with zero attached hydrogens (tertiary/aromatic N) is 3. The van der Waals surface area contributed by atoms with Crippen LogP contribution in [0.25, 0.3) is 0 Å². The van der Waals surface area contributed by atoms with Gasteiger partial charge in [0.15, 0.2) is 5.96 Å². The zero-order valence-electron chi connectivity index (χ0n) is 16.1. The van der Waals surface area contributed by atoms with Crippen molar-refractivity contribution in [1.29, 1.82) is 0 Å². The first-order chi connectivity index (χ1) is 12.5. The van der Waals surface area contributed by atoms with Gasteiger partial charge in [-0.1, -0.05) is 0 Å². The first kappa shape index (κ1) is 24.8. The number of likely N-dealkylation sites (tertiary alicyclic amines) is 1. The summed E-state index contributed by atoms with van der Waals surface area (Å²) in [4.78, 5) is 17.9. The Morgan fingerprint density at radius 2 is 1.81 bits per heavy atom. The molecule has 2 N–H and O–H groups in total. The van der Waals surface area contributed by atoms with Crippen molar-refractivity contribution in [1.82, 2.24) is 19.8 Å². The number of hydrogen-bond acceptors (Lipinski definition) is 5. The van der Waals surface area contributed by atoms with Crippen LogP contribution in [0.4, 0.5) is 0 Å². The Morgan fingerprint density at radius 1 is 1.19 bits per heavy atom. The number of thioether (sulfide) groups is 1. The predicted molar refractivity (Wildman–Crippen MR) is 122 cm³/mol. The number of rotatable bonds is 6. The minimum Gasteiger partial charge on any atom is -0.359 e. The standard InChI is InChI=1S/C16H31N5O3S2.HI/c1-17-15(22)13-14-3-6-20(7-4-14)16(18-2)19-5-12-26(23,24)21-8-10-25-11-9-21;/h14H,3-13H2,1-2H3,(H,17,22)(H,18,19);1H. The number of aliphatic imine (C=N–C) groups is 1. The van der Waals surface area contributed by atoms with Gasteiger partial charge in [0.05, 0.1) is 5.75 Å². The average molecular weight is 534 g/mol. The maximum atomic E-state index is 12.4. The van der Waals surface area contributed by atoms with Crippen LogP contribution < -0.4 is 10.6 Å². The van der Waals surface area contributed by atoms with E-state index in [4.69, 9.17) is 0 Å². The lowest BCUT2D eigenvalue weighted by Gasteiger charge is -2.34. The molecule has 0 aromatic rings. The predicted octanol–water partition coefficient (Wildman–Crippen LogP) is 0.407. The van der Waals surface area contributed by atoms with Crippen LogP contribution in [0.5, 0.6) is 0 Å². The van der Waals surface area contributed by atoms with Gasteiger partial charge in [-0.2, -0.15) is 11.8 Å². The highest BCUT2D eigenvalue weighted by molar-refractivity contribution is 14.0. The molecule has 0 radical (unpaired) electrons. The summed E-state index contributed by atoms with van der Waals surface area (Å²) < 4.78 is 26.4. The Morgan fingerprint density at radius 3 is 2.37 bits per heavy atom. The van der Waals surface area contributed by atoms with E-state index in [1.165, 1.54) is 0 Å². The molecule has 0 atom stereocenters. The van der Waals surface area contributed by atoms with E-state index in [1.807, 2.05) is 0 Å². The van der Waals surface area contributed by atoms with E-state index < -0.39 is 10.0 Å². The highest BCUT2D eigenvalue weighted by Crippen LogP contribution is 2.20. The quantitative estimate of drug-likeness (QED) is 0.292. The molecule has 2 heterocycles. The summed E-state index contributed by atoms with van der Waals surface area (Å²) in [6.07, 6.45) is 2.46. The van der Waals surface area contributed by atoms with Gasteiger partial charge in [0.1, 0.15) is 0 Å². The maximum absolute atomic E-state index is 12.4. The number of hydrogen-bond donors (Lipinski definition) is 2. The lowest BCUT2D eigenvalue weighted by Crippen LogP contribution is -2.48. The Hall–Kier alpha value is -0.270. The number of nitrogens with one attached hydrogen (secondary N) is 2. The van der Waals surface area contributed by atoms with Crippen molar-refractivity contribution in [2.24, 2.45) is 10.9 Å². The van der Waals surface area contributed by atoms with E-state index in [0.29, 0.717) is 32.0 Å². The molecule has 0 spiro atoms. The molecule has 1 amide bonds. The number of piperidine rings is 1. The molecule has 0 aliphatic carbocycles. The van der Waals surface area contributed by atoms with Gasteiger partial charge in [0.2, 0.25) is 15.9 Å². The third kappa shape index (κ3) is 7.94. The lowest BCUT2D eigenvalue weighted by atomic mass is 9.93. The van der Waals surface area contributed by atoms with Gasteiger partial charge in [0, 0.05) is 64.7 Å². The van der Waals surface area contributed by atoms with Crippen molar-refractivity contribution in [3.05, 3.63) is 0 Å². The van der Waals surface area contributed by atoms with Gasteiger partial charge in [-0.15, -0.1) is 24.0 Å². The summed E-state index contributed by atoms with van der Waals surface area (Å²) in [5.74, 6) is 3.07. The van der Waals surface area contributed by atoms with Crippen LogP contribution in [0.1, 0.15) is 19.3 Å². The molecule has 0 saturated carbocycles. The first-order valence-electron chi connectivity index (χ1n) is 9.18. The van der Waals surface area contributed by atoms with Crippen LogP contribution >= 0.6 is 35.7 Å². The summed E-state index contributed by atoms with van der Waals surface area (Å²) in [5, 5.41) is 5.86. The lowest BCUT2D eigenvalue weighted by molar-refractivity contribution is -0.121. The summed E-state index contributed by atoms with van der Waals surface area (Å²) in [7, 11) is 0.181. The molecule has 158 valence electrons. The number of halogens is 1. The highest BCUT2D eigenvalue weighted by Gasteiger charge is 2.25. The third-order valence-corrected chi connectivity index (χ3v) is 7.70. The Kier molecular flexibility index (Phi) is 11.3. The van der Waals surface area contributed by atoms with Crippen LogP contribution in [0.15, 0.2) is 4.99 Å². The van der Waals surface area contributed by atoms with Gasteiger partial charge in [0.25, 0.3) is 0 Å². The van der Waals surface area contributed by atoms with Crippen LogP contribution in [-0.4, -0.2) is 93.6 Å². The minimum absolute atomic E-state index is 0. The second-order valence-electron chi connectivity index (χ2n) is 6.61. The molecule has 2 aliphatic rings. The first-order valence-corrected chi connectivity index (χ1v) is 11.9. The van der Waals surface area contributed by atoms with Crippen molar-refractivity contribution >= 4 is 57.6 Å². The minimum atomic E-state index is -3.20. The van der Waals surface area contributed by atoms with Crippen molar-refractivity contribution in [2.45, 2.75) is 19.3 Å². The van der Waals surface area contributed by atoms with Crippen molar-refractivity contribution in [2.75, 3.05) is 64.1 Å². The zero-order chi connectivity index (χ0) is 19.0. The molecule has 0 unspecified atom stereocenters. The number of carbonyl (C=O) groups is 1. The Balaban J connectivity index is 0.00000364. The largest absolute Gasteiger partial charge is 0.359 e. The van der Waals surface area contributed by atoms with E-state index >= 15 is 0 Å². The van der Waals surface area contributed by atoms with Gasteiger partial charge < -0.3 is 15.5 Å². The van der Waals surface area contributed by atoms with Gasteiger partial charge in [-0.05, 0) is 18.8 Å². The third-order valence-electron chi connectivity index (χ3n) is 4.89. The molecule has 0 aromatic carbocycles. The molecule has 0 bridgehead atoms. The van der Waals surface area contributed by atoms with E-state index in [1.54, 1.807) is 30.2 Å². The molecule has 2 aliphatic heterocycles. The highest BCUT2D eigenvalue weighted by atomic mass is 127. The Bertz CT molecular complexity index is 589. The van der Waals surface area contributed by atoms with E-state index in [9.17, 15) is 13.2 Å². The normalized spacial score (nSPS) is 20.1. The van der Waals surface area contributed by atoms with Crippen molar-refractivity contribution in [3.63, 3.8) is 0 Å². The Labute approximate surface area is 184 Å². The van der Waals surface area contributed by atoms with Gasteiger partial charge in [-0.3, -0.25) is 9.79 Å². The zero-order valence-corrected chi connectivity index (χ0v) is 20.1. The summed E-state index contributed by atoms with van der Waals surface area (Å²) in [6, 6.07) is 0. The molecule has 2 saturated heterocycles. The summed E-state index contributed by atoms with van der Waals surface area (Å²) >= 11 is 1.80. The van der Waals surface area contributed by atoms with Crippen LogP contribution in [-0.2, 0) is 14.8 Å². The van der Waals surface area contributed by atoms with Crippen LogP contribution in [0.2, 0.25) is 0 Å². The molecule has 0 aromatic heterocycles. The topological polar surface area (TPSA) is 94.1 Å². The van der Waals surface area contributed by atoms with Crippen molar-refractivity contribution < 1.29 is 13.2 Å². The molecule has 8 nitrogen and oxygen atoms in total. The van der Waals surface area contributed by atoms with Crippen LogP contribution in [0.3, 0.4) is 0 Å². The monoisotopic (exact) mass is 533 g/mol. The SMILES string of the molecule is CN=C(NCCS(=O)(=O)N1CCSCC1)N1CCC(CC(=O)NC)CC1.I. The summed E-state index contributed by atoms with van der Waals surface area (Å²) in [5.41, 5.74) is 0. The van der Waals surface area contributed by atoms with E-state index in [2.05, 4.69) is 20.5 Å². The van der Waals surface area contributed by atoms with E-state index in [0.717, 1.165) is 43.4 Å². The number of carbonyl (C=O) groups excluding carboxylic acids is 1. The van der Waals surface area contributed by atoms with Gasteiger partial charge in [-0.25, -0.2) is 12.7 Å². The number of guanidine groups is 1. The fraction of sp³-hybridized carbons (Fsp3) is 0.875. The number of sulfonamides is 1. The molecular formula is C16H32IN5O3S2. The molecule has 2 fully saturated rings. The van der Waals surface area contributed by atoms with Crippen molar-refractivity contribution in [3.8, 4) is 0 Å². The van der Waals surface area contributed by atoms with E-state index in [-0.39, 0.29) is 35.6 Å². The maximum Gasteiger partial charge on any atom is 0.220 e. The fourth-order valence-electron chi connectivity index (χ4n) is 3.29. The molecular weight excluding hydrogens is 501 g/mol. The molecule has 11 heteroatoms.